The molecule has 0 amide bonds. The molecule has 0 saturated heterocycles. The van der Waals surface area contributed by atoms with E-state index >= 15 is 0 Å². The maximum Gasteiger partial charge on any atom is 0.870 e. The quantitative estimate of drug-likeness (QED) is 0.635. The summed E-state index contributed by atoms with van der Waals surface area (Å²) >= 11 is 0. The van der Waals surface area contributed by atoms with Crippen LogP contribution in [0.1, 0.15) is 20.8 Å². The van der Waals surface area contributed by atoms with E-state index in [2.05, 4.69) is 14.0 Å². The van der Waals surface area contributed by atoms with Crippen molar-refractivity contribution in [3.05, 3.63) is 0 Å². The van der Waals surface area contributed by atoms with Gasteiger partial charge in [0.2, 0.25) is 0 Å². The first-order valence-electron chi connectivity index (χ1n) is 3.43. The summed E-state index contributed by atoms with van der Waals surface area (Å²) < 4.78 is 13.0. The Kier molecular flexibility index (Phi) is 7.36. The molecule has 0 heterocycles. The van der Waals surface area contributed by atoms with Crippen LogP contribution in [0, 0.1) is 0 Å². The summed E-state index contributed by atoms with van der Waals surface area (Å²) in [7, 11) is -1.59. The van der Waals surface area contributed by atoms with Gasteiger partial charge in [-0.15, -0.1) is 0 Å². The van der Waals surface area contributed by atoms with Crippen LogP contribution in [0.3, 0.4) is 0 Å². The van der Waals surface area contributed by atoms with Gasteiger partial charge < -0.3 is 20.1 Å². The van der Waals surface area contributed by atoms with Crippen LogP contribution in [-0.4, -0.2) is 25.2 Å². The van der Waals surface area contributed by atoms with Crippen molar-refractivity contribution < 1.29 is 28.3 Å². The first-order chi connectivity index (χ1) is 5.91. The molecule has 14 heavy (non-hydrogen) atoms. The van der Waals surface area contributed by atoms with Gasteiger partial charge in [0.05, 0.1) is 0 Å². The lowest BCUT2D eigenvalue weighted by atomic mass is 10.2. The lowest BCUT2D eigenvalue weighted by molar-refractivity contribution is -0.144. The molecule has 0 atom stereocenters. The lowest BCUT2D eigenvalue weighted by Crippen LogP contribution is -2.32. The molecule has 7 nitrogen and oxygen atoms in total. The molecular formula is C6H12BNO6. The minimum Gasteiger partial charge on any atom is -0.462 e. The van der Waals surface area contributed by atoms with Crippen molar-refractivity contribution in [2.24, 2.45) is 0 Å². The van der Waals surface area contributed by atoms with E-state index in [4.69, 9.17) is 0 Å². The van der Waals surface area contributed by atoms with Crippen LogP contribution >= 0.6 is 0 Å². The zero-order chi connectivity index (χ0) is 10.4. The Morgan fingerprint density at radius 2 is 1.00 bits per heavy atom. The van der Waals surface area contributed by atoms with Gasteiger partial charge in [-0.1, -0.05) is 0 Å². The van der Waals surface area contributed by atoms with Crippen LogP contribution in [0.2, 0.25) is 0 Å². The highest BCUT2D eigenvalue weighted by Gasteiger charge is 2.33. The summed E-state index contributed by atoms with van der Waals surface area (Å²) in [6.07, 6.45) is 0. The van der Waals surface area contributed by atoms with Gasteiger partial charge >= 0.3 is 7.32 Å². The van der Waals surface area contributed by atoms with Crippen molar-refractivity contribution >= 4 is 25.2 Å². The van der Waals surface area contributed by atoms with E-state index in [1.807, 2.05) is 0 Å². The van der Waals surface area contributed by atoms with Gasteiger partial charge in [0.15, 0.2) is 0 Å². The van der Waals surface area contributed by atoms with Crippen molar-refractivity contribution in [3.63, 3.8) is 0 Å². The summed E-state index contributed by atoms with van der Waals surface area (Å²) in [5.41, 5.74) is 0. The molecule has 0 fully saturated rings. The number of hydrogen-bond donors (Lipinski definition) is 1. The molecule has 0 unspecified atom stereocenters. The SMILES string of the molecule is CC(=O)OB(OC(C)=O)OC(C)=O.N. The molecule has 0 aromatic carbocycles. The molecule has 0 spiro atoms. The average molecular weight is 205 g/mol. The highest BCUT2D eigenvalue weighted by molar-refractivity contribution is 6.43. The van der Waals surface area contributed by atoms with Gasteiger partial charge in [-0.2, -0.15) is 0 Å². The standard InChI is InChI=1S/C6H9BO6.H3N/c1-4(8)11-7(12-5(2)9)13-6(3)10;/h1-3H3;1H3. The molecule has 0 aliphatic rings. The topological polar surface area (TPSA) is 114 Å². The Bertz CT molecular complexity index is 192. The van der Waals surface area contributed by atoms with Gasteiger partial charge in [-0.05, 0) is 0 Å². The fraction of sp³-hybridized carbons (Fsp3) is 0.500. The van der Waals surface area contributed by atoms with Gasteiger partial charge in [-0.3, -0.25) is 14.4 Å². The van der Waals surface area contributed by atoms with Crippen molar-refractivity contribution in [2.45, 2.75) is 20.8 Å². The van der Waals surface area contributed by atoms with Crippen molar-refractivity contribution in [1.29, 1.82) is 0 Å². The smallest absolute Gasteiger partial charge is 0.462 e. The van der Waals surface area contributed by atoms with E-state index in [1.165, 1.54) is 0 Å². The predicted molar refractivity (Wildman–Crippen MR) is 46.1 cm³/mol. The second kappa shape index (κ2) is 6.90. The second-order valence-corrected chi connectivity index (χ2v) is 2.12. The number of carbonyl (C=O) groups is 3. The molecule has 8 heteroatoms. The zero-order valence-electron chi connectivity index (χ0n) is 8.23. The van der Waals surface area contributed by atoms with Gasteiger partial charge in [0, 0.05) is 20.8 Å². The second-order valence-electron chi connectivity index (χ2n) is 2.12. The average Bonchev–Trinajstić information content (AvgIpc) is 1.80. The Hall–Kier alpha value is -1.57. The molecule has 0 aromatic rings. The summed E-state index contributed by atoms with van der Waals surface area (Å²) in [6.45, 7) is 3.29. The predicted octanol–water partition coefficient (Wildman–Crippen LogP) is -0.177. The minimum absolute atomic E-state index is 0. The van der Waals surface area contributed by atoms with Crippen LogP contribution in [-0.2, 0) is 28.3 Å². The van der Waals surface area contributed by atoms with Crippen molar-refractivity contribution in [2.75, 3.05) is 0 Å². The molecular weight excluding hydrogens is 193 g/mol. The molecule has 0 radical (unpaired) electrons. The number of hydrogen-bond acceptors (Lipinski definition) is 7. The summed E-state index contributed by atoms with van der Waals surface area (Å²) in [5, 5.41) is 0. The van der Waals surface area contributed by atoms with E-state index in [0.29, 0.717) is 0 Å². The first kappa shape index (κ1) is 14.9. The zero-order valence-corrected chi connectivity index (χ0v) is 8.23. The van der Waals surface area contributed by atoms with Gasteiger partial charge in [-0.25, -0.2) is 0 Å². The summed E-state index contributed by atoms with van der Waals surface area (Å²) in [4.78, 5) is 31.2. The number of rotatable bonds is 3. The monoisotopic (exact) mass is 205 g/mol. The highest BCUT2D eigenvalue weighted by Crippen LogP contribution is 1.94. The molecule has 80 valence electrons. The fourth-order valence-electron chi connectivity index (χ4n) is 0.479. The van der Waals surface area contributed by atoms with Crippen LogP contribution in [0.25, 0.3) is 0 Å². The van der Waals surface area contributed by atoms with E-state index in [9.17, 15) is 14.4 Å². The third-order valence-electron chi connectivity index (χ3n) is 0.787. The minimum atomic E-state index is -1.59. The molecule has 0 aliphatic heterocycles. The third-order valence-corrected chi connectivity index (χ3v) is 0.787. The maximum atomic E-state index is 10.4. The van der Waals surface area contributed by atoms with Crippen molar-refractivity contribution in [1.82, 2.24) is 6.15 Å². The first-order valence-corrected chi connectivity index (χ1v) is 3.43. The Morgan fingerprint density at radius 1 is 0.786 bits per heavy atom. The van der Waals surface area contributed by atoms with E-state index in [-0.39, 0.29) is 6.15 Å². The van der Waals surface area contributed by atoms with E-state index < -0.39 is 25.2 Å². The third kappa shape index (κ3) is 8.53. The summed E-state index contributed by atoms with van der Waals surface area (Å²) in [5.74, 6) is -2.15. The van der Waals surface area contributed by atoms with Gasteiger partial charge in [0.1, 0.15) is 0 Å². The van der Waals surface area contributed by atoms with Crippen LogP contribution in [0.5, 0.6) is 0 Å². The molecule has 0 saturated carbocycles. The highest BCUT2D eigenvalue weighted by atomic mass is 16.8. The molecule has 0 aliphatic carbocycles. The van der Waals surface area contributed by atoms with Crippen LogP contribution in [0.4, 0.5) is 0 Å². The summed E-state index contributed by atoms with van der Waals surface area (Å²) in [6, 6.07) is 0. The van der Waals surface area contributed by atoms with Gasteiger partial charge in [0.25, 0.3) is 17.9 Å². The number of carbonyl (C=O) groups excluding carboxylic acids is 3. The normalized spacial score (nSPS) is 7.93. The fourth-order valence-corrected chi connectivity index (χ4v) is 0.479. The Balaban J connectivity index is 0. The maximum absolute atomic E-state index is 10.4. The van der Waals surface area contributed by atoms with E-state index in [1.54, 1.807) is 0 Å². The molecule has 0 bridgehead atoms. The van der Waals surface area contributed by atoms with Crippen molar-refractivity contribution in [3.8, 4) is 0 Å². The van der Waals surface area contributed by atoms with Crippen LogP contribution < -0.4 is 6.15 Å². The Morgan fingerprint density at radius 3 is 1.14 bits per heavy atom. The molecule has 3 N–H and O–H groups in total. The Labute approximate surface area is 81.5 Å². The largest absolute Gasteiger partial charge is 0.870 e. The molecule has 0 rings (SSSR count). The van der Waals surface area contributed by atoms with E-state index in [0.717, 1.165) is 20.8 Å². The lowest BCUT2D eigenvalue weighted by Gasteiger charge is -2.09. The molecule has 0 aromatic heterocycles. The van der Waals surface area contributed by atoms with Crippen LogP contribution in [0.15, 0.2) is 0 Å².